The van der Waals surface area contributed by atoms with Crippen molar-refractivity contribution in [2.75, 3.05) is 19.6 Å². The van der Waals surface area contributed by atoms with Crippen molar-refractivity contribution in [3.8, 4) is 0 Å². The van der Waals surface area contributed by atoms with Crippen LogP contribution in [0.3, 0.4) is 0 Å². The van der Waals surface area contributed by atoms with Crippen LogP contribution in [0.15, 0.2) is 0 Å². The Balaban J connectivity index is 2.66. The second-order valence-corrected chi connectivity index (χ2v) is 3.86. The molecule has 2 amide bonds. The quantitative estimate of drug-likeness (QED) is 0.568. The van der Waals surface area contributed by atoms with Crippen molar-refractivity contribution >= 4 is 11.8 Å². The average molecular weight is 199 g/mol. The summed E-state index contributed by atoms with van der Waals surface area (Å²) in [6, 6.07) is 0.0479. The van der Waals surface area contributed by atoms with Crippen LogP contribution >= 0.6 is 0 Å². The van der Waals surface area contributed by atoms with E-state index in [1.807, 2.05) is 13.8 Å². The highest BCUT2D eigenvalue weighted by Gasteiger charge is 2.32. The van der Waals surface area contributed by atoms with Gasteiger partial charge < -0.3 is 16.0 Å². The number of piperazine rings is 1. The summed E-state index contributed by atoms with van der Waals surface area (Å²) in [7, 11) is 0. The number of hydrogen-bond donors (Lipinski definition) is 2. The molecule has 0 aromatic rings. The molecule has 0 aromatic carbocycles. The minimum Gasteiger partial charge on any atom is -0.343 e. The Bertz CT molecular complexity index is 240. The number of amides is 2. The van der Waals surface area contributed by atoms with E-state index in [1.54, 1.807) is 0 Å². The lowest BCUT2D eigenvalue weighted by molar-refractivity contribution is -0.149. The summed E-state index contributed by atoms with van der Waals surface area (Å²) in [4.78, 5) is 24.1. The predicted molar refractivity (Wildman–Crippen MR) is 52.4 cm³/mol. The molecule has 1 aliphatic rings. The second kappa shape index (κ2) is 4.41. The molecule has 1 unspecified atom stereocenters. The first-order valence-electron chi connectivity index (χ1n) is 4.86. The Morgan fingerprint density at radius 2 is 2.21 bits per heavy atom. The minimum atomic E-state index is -0.511. The van der Waals surface area contributed by atoms with Gasteiger partial charge in [0.25, 0.3) is 0 Å². The van der Waals surface area contributed by atoms with Crippen LogP contribution in [-0.4, -0.2) is 42.4 Å². The maximum atomic E-state index is 11.3. The van der Waals surface area contributed by atoms with Crippen molar-refractivity contribution in [3.05, 3.63) is 0 Å². The fourth-order valence-corrected chi connectivity index (χ4v) is 1.47. The van der Waals surface area contributed by atoms with Gasteiger partial charge in [-0.25, -0.2) is 0 Å². The van der Waals surface area contributed by atoms with Gasteiger partial charge in [-0.2, -0.15) is 0 Å². The van der Waals surface area contributed by atoms with Gasteiger partial charge in [0, 0.05) is 25.7 Å². The molecular formula is C9H17N3O2. The summed E-state index contributed by atoms with van der Waals surface area (Å²) in [6.07, 6.45) is 0. The lowest BCUT2D eigenvalue weighted by atomic mass is 10.0. The van der Waals surface area contributed by atoms with E-state index < -0.39 is 11.8 Å². The Morgan fingerprint density at radius 3 is 2.71 bits per heavy atom. The maximum absolute atomic E-state index is 11.3. The molecule has 80 valence electrons. The molecule has 1 aliphatic heterocycles. The van der Waals surface area contributed by atoms with E-state index in [4.69, 9.17) is 5.73 Å². The average Bonchev–Trinajstić information content (AvgIpc) is 2.12. The molecule has 1 heterocycles. The van der Waals surface area contributed by atoms with Crippen LogP contribution in [0, 0.1) is 5.92 Å². The van der Waals surface area contributed by atoms with Crippen LogP contribution in [0.4, 0.5) is 0 Å². The molecule has 0 spiro atoms. The molecule has 5 heteroatoms. The number of carbonyl (C=O) groups is 2. The summed E-state index contributed by atoms with van der Waals surface area (Å²) in [5.41, 5.74) is 5.36. The van der Waals surface area contributed by atoms with Crippen molar-refractivity contribution in [1.29, 1.82) is 0 Å². The number of nitrogens with zero attached hydrogens (tertiary/aromatic N) is 1. The highest BCUT2D eigenvalue weighted by molar-refractivity contribution is 6.35. The van der Waals surface area contributed by atoms with Crippen molar-refractivity contribution in [1.82, 2.24) is 10.2 Å². The smallest absolute Gasteiger partial charge is 0.312 e. The molecule has 0 aromatic heterocycles. The number of hydrogen-bond acceptors (Lipinski definition) is 3. The SMILES string of the molecule is CC(C)C1CN(CCN)C(=O)C(=O)N1. The van der Waals surface area contributed by atoms with Crippen LogP contribution in [-0.2, 0) is 9.59 Å². The van der Waals surface area contributed by atoms with Crippen LogP contribution < -0.4 is 11.1 Å². The van der Waals surface area contributed by atoms with Crippen molar-refractivity contribution in [3.63, 3.8) is 0 Å². The maximum Gasteiger partial charge on any atom is 0.312 e. The molecule has 0 bridgehead atoms. The molecule has 0 aliphatic carbocycles. The highest BCUT2D eigenvalue weighted by atomic mass is 16.2. The molecule has 1 atom stereocenters. The van der Waals surface area contributed by atoms with Crippen LogP contribution in [0.2, 0.25) is 0 Å². The Hall–Kier alpha value is -1.10. The van der Waals surface area contributed by atoms with E-state index in [1.165, 1.54) is 4.90 Å². The zero-order valence-corrected chi connectivity index (χ0v) is 8.62. The number of rotatable bonds is 3. The van der Waals surface area contributed by atoms with Gasteiger partial charge in [0.2, 0.25) is 0 Å². The fraction of sp³-hybridized carbons (Fsp3) is 0.778. The summed E-state index contributed by atoms with van der Waals surface area (Å²) in [5, 5.41) is 2.68. The predicted octanol–water partition coefficient (Wildman–Crippen LogP) is -1.07. The molecule has 5 nitrogen and oxygen atoms in total. The van der Waals surface area contributed by atoms with Gasteiger partial charge in [-0.05, 0) is 5.92 Å². The Kier molecular flexibility index (Phi) is 3.46. The Morgan fingerprint density at radius 1 is 1.57 bits per heavy atom. The number of nitrogens with one attached hydrogen (secondary N) is 1. The minimum absolute atomic E-state index is 0.0479. The van der Waals surface area contributed by atoms with Gasteiger partial charge in [-0.1, -0.05) is 13.8 Å². The first-order chi connectivity index (χ1) is 6.56. The second-order valence-electron chi connectivity index (χ2n) is 3.86. The third-order valence-corrected chi connectivity index (χ3v) is 2.42. The summed E-state index contributed by atoms with van der Waals surface area (Å²) in [6.45, 7) is 5.45. The van der Waals surface area contributed by atoms with Crippen molar-refractivity contribution in [2.24, 2.45) is 11.7 Å². The van der Waals surface area contributed by atoms with E-state index in [-0.39, 0.29) is 6.04 Å². The van der Waals surface area contributed by atoms with Crippen LogP contribution in [0.5, 0.6) is 0 Å². The molecule has 0 saturated carbocycles. The van der Waals surface area contributed by atoms with Crippen molar-refractivity contribution < 1.29 is 9.59 Å². The van der Waals surface area contributed by atoms with Gasteiger partial charge >= 0.3 is 11.8 Å². The number of nitrogens with two attached hydrogens (primary N) is 1. The monoisotopic (exact) mass is 199 g/mol. The van der Waals surface area contributed by atoms with E-state index in [0.717, 1.165) is 0 Å². The van der Waals surface area contributed by atoms with Gasteiger partial charge in [-0.15, -0.1) is 0 Å². The largest absolute Gasteiger partial charge is 0.343 e. The normalized spacial score (nSPS) is 22.9. The third kappa shape index (κ3) is 2.23. The van der Waals surface area contributed by atoms with Gasteiger partial charge in [0.05, 0.1) is 0 Å². The van der Waals surface area contributed by atoms with Gasteiger partial charge in [0.15, 0.2) is 0 Å². The van der Waals surface area contributed by atoms with E-state index in [0.29, 0.717) is 25.6 Å². The first-order valence-corrected chi connectivity index (χ1v) is 4.86. The van der Waals surface area contributed by atoms with E-state index >= 15 is 0 Å². The van der Waals surface area contributed by atoms with Gasteiger partial charge in [0.1, 0.15) is 0 Å². The molecular weight excluding hydrogens is 182 g/mol. The third-order valence-electron chi connectivity index (χ3n) is 2.42. The molecule has 0 radical (unpaired) electrons. The summed E-state index contributed by atoms with van der Waals surface area (Å²) < 4.78 is 0. The molecule has 1 fully saturated rings. The highest BCUT2D eigenvalue weighted by Crippen LogP contribution is 2.08. The fourth-order valence-electron chi connectivity index (χ4n) is 1.47. The lowest BCUT2D eigenvalue weighted by Crippen LogP contribution is -2.59. The molecule has 3 N–H and O–H groups in total. The first kappa shape index (κ1) is 11.0. The zero-order valence-electron chi connectivity index (χ0n) is 8.62. The number of carbonyl (C=O) groups excluding carboxylic acids is 2. The summed E-state index contributed by atoms with van der Waals surface area (Å²) >= 11 is 0. The summed E-state index contributed by atoms with van der Waals surface area (Å²) in [5.74, 6) is -0.650. The van der Waals surface area contributed by atoms with Crippen LogP contribution in [0.25, 0.3) is 0 Å². The van der Waals surface area contributed by atoms with Crippen molar-refractivity contribution in [2.45, 2.75) is 19.9 Å². The van der Waals surface area contributed by atoms with Gasteiger partial charge in [-0.3, -0.25) is 9.59 Å². The topological polar surface area (TPSA) is 75.4 Å². The van der Waals surface area contributed by atoms with E-state index in [9.17, 15) is 9.59 Å². The zero-order chi connectivity index (χ0) is 10.7. The molecule has 1 saturated heterocycles. The molecule has 14 heavy (non-hydrogen) atoms. The standard InChI is InChI=1S/C9H17N3O2/c1-6(2)7-5-12(4-3-10)9(14)8(13)11-7/h6-7H,3-5,10H2,1-2H3,(H,11,13). The van der Waals surface area contributed by atoms with E-state index in [2.05, 4.69) is 5.32 Å². The van der Waals surface area contributed by atoms with Crippen LogP contribution in [0.1, 0.15) is 13.8 Å². The molecule has 1 rings (SSSR count). The Labute approximate surface area is 83.6 Å². The lowest BCUT2D eigenvalue weighted by Gasteiger charge is -2.34.